The van der Waals surface area contributed by atoms with Crippen molar-refractivity contribution in [3.63, 3.8) is 0 Å². The highest BCUT2D eigenvalue weighted by atomic mass is 19.1. The van der Waals surface area contributed by atoms with Crippen molar-refractivity contribution >= 4 is 40.4 Å². The molecule has 0 saturated carbocycles. The molecule has 194 valence electrons. The highest BCUT2D eigenvalue weighted by Crippen LogP contribution is 2.37. The average molecular weight is 513 g/mol. The molecule has 3 aromatic carbocycles. The van der Waals surface area contributed by atoms with Gasteiger partial charge in [-0.05, 0) is 78.8 Å². The molecule has 7 nitrogen and oxygen atoms in total. The molecule has 0 bridgehead atoms. The smallest absolute Gasteiger partial charge is 0.407 e. The Kier molecular flexibility index (Phi) is 6.87. The van der Waals surface area contributed by atoms with Crippen LogP contribution in [0.3, 0.4) is 0 Å². The van der Waals surface area contributed by atoms with E-state index < -0.39 is 11.9 Å². The second-order valence-corrected chi connectivity index (χ2v) is 9.57. The largest absolute Gasteiger partial charge is 0.465 e. The fourth-order valence-corrected chi connectivity index (χ4v) is 5.31. The lowest BCUT2D eigenvalue weighted by Gasteiger charge is -2.27. The maximum Gasteiger partial charge on any atom is 0.407 e. The number of anilines is 2. The molecule has 5 rings (SSSR count). The molecule has 2 amide bonds. The molecular formula is C30H29FN4O3. The summed E-state index contributed by atoms with van der Waals surface area (Å²) < 4.78 is 13.2. The van der Waals surface area contributed by atoms with E-state index in [0.717, 1.165) is 51.3 Å². The van der Waals surface area contributed by atoms with Gasteiger partial charge in [0, 0.05) is 29.2 Å². The van der Waals surface area contributed by atoms with Gasteiger partial charge < -0.3 is 26.0 Å². The fraction of sp³-hybridized carbons (Fsp3) is 0.200. The maximum atomic E-state index is 13.2. The first-order valence-electron chi connectivity index (χ1n) is 12.5. The third-order valence-electron chi connectivity index (χ3n) is 7.16. The summed E-state index contributed by atoms with van der Waals surface area (Å²) >= 11 is 0. The molecule has 0 fully saturated rings. The third kappa shape index (κ3) is 5.11. The van der Waals surface area contributed by atoms with E-state index in [1.54, 1.807) is 11.0 Å². The number of nitrogens with one attached hydrogen (secondary N) is 2. The molecule has 1 unspecified atom stereocenters. The Morgan fingerprint density at radius 3 is 2.79 bits per heavy atom. The van der Waals surface area contributed by atoms with Crippen LogP contribution in [0.2, 0.25) is 0 Å². The van der Waals surface area contributed by atoms with Crippen LogP contribution in [0.1, 0.15) is 40.4 Å². The van der Waals surface area contributed by atoms with Crippen molar-refractivity contribution in [3.8, 4) is 0 Å². The van der Waals surface area contributed by atoms with Gasteiger partial charge in [-0.3, -0.25) is 4.79 Å². The van der Waals surface area contributed by atoms with Crippen molar-refractivity contribution in [1.82, 2.24) is 9.88 Å². The van der Waals surface area contributed by atoms with Crippen LogP contribution in [0, 0.1) is 12.7 Å². The van der Waals surface area contributed by atoms with Crippen molar-refractivity contribution in [2.45, 2.75) is 32.2 Å². The maximum absolute atomic E-state index is 13.2. The molecule has 4 aromatic rings. The highest BCUT2D eigenvalue weighted by Gasteiger charge is 2.31. The van der Waals surface area contributed by atoms with Gasteiger partial charge in [0.25, 0.3) is 0 Å². The first-order chi connectivity index (χ1) is 18.3. The molecule has 5 N–H and O–H groups in total. The monoisotopic (exact) mass is 512 g/mol. The Morgan fingerprint density at radius 2 is 2.00 bits per heavy atom. The molecular weight excluding hydrogens is 483 g/mol. The number of nitrogen functional groups attached to an aromatic ring is 1. The Morgan fingerprint density at radius 1 is 1.18 bits per heavy atom. The number of halogens is 1. The Bertz CT molecular complexity index is 1560. The minimum atomic E-state index is -0.930. The van der Waals surface area contributed by atoms with Crippen LogP contribution >= 0.6 is 0 Å². The lowest BCUT2D eigenvalue weighted by atomic mass is 10.0. The normalized spacial score (nSPS) is 14.6. The summed E-state index contributed by atoms with van der Waals surface area (Å²) in [6.07, 6.45) is 4.26. The second-order valence-electron chi connectivity index (χ2n) is 9.57. The first kappa shape index (κ1) is 25.1. The molecule has 0 radical (unpaired) electrons. The van der Waals surface area contributed by atoms with E-state index in [0.29, 0.717) is 25.1 Å². The van der Waals surface area contributed by atoms with Gasteiger partial charge in [0.05, 0.1) is 17.4 Å². The number of carboxylic acid groups (broad SMARTS) is 1. The molecule has 0 aliphatic heterocycles. The van der Waals surface area contributed by atoms with Gasteiger partial charge in [0.2, 0.25) is 5.91 Å². The number of aryl methyl sites for hydroxylation is 2. The number of carbonyl (C=O) groups is 2. The zero-order valence-electron chi connectivity index (χ0n) is 21.0. The summed E-state index contributed by atoms with van der Waals surface area (Å²) in [6, 6.07) is 17.5. The SMILES string of the molecule is Cc1[nH]c2ccccc2c1CCN(C(=O)O)C1CCc2cc(/C=C/C(=O)Nc3ccc(F)cc3N)ccc21. The summed E-state index contributed by atoms with van der Waals surface area (Å²) in [5.74, 6) is -0.853. The Hall–Kier alpha value is -4.59. The quantitative estimate of drug-likeness (QED) is 0.178. The van der Waals surface area contributed by atoms with Crippen LogP contribution in [0.5, 0.6) is 0 Å². The minimum absolute atomic E-state index is 0.151. The number of nitrogens with zero attached hydrogens (tertiary/aromatic N) is 1. The molecule has 1 aliphatic carbocycles. The van der Waals surface area contributed by atoms with E-state index in [1.165, 1.54) is 18.2 Å². The predicted molar refractivity (Wildman–Crippen MR) is 147 cm³/mol. The van der Waals surface area contributed by atoms with Crippen LogP contribution in [-0.4, -0.2) is 33.5 Å². The topological polar surface area (TPSA) is 111 Å². The number of fused-ring (bicyclic) bond motifs is 2. The zero-order valence-corrected chi connectivity index (χ0v) is 21.0. The molecule has 0 spiro atoms. The van der Waals surface area contributed by atoms with Gasteiger partial charge >= 0.3 is 6.09 Å². The molecule has 1 heterocycles. The Balaban J connectivity index is 1.28. The Labute approximate surface area is 219 Å². The van der Waals surface area contributed by atoms with Crippen molar-refractivity contribution in [2.75, 3.05) is 17.6 Å². The third-order valence-corrected chi connectivity index (χ3v) is 7.16. The number of aromatic nitrogens is 1. The van der Waals surface area contributed by atoms with E-state index in [-0.39, 0.29) is 17.6 Å². The number of rotatable bonds is 7. The van der Waals surface area contributed by atoms with Gasteiger partial charge in [0.1, 0.15) is 5.82 Å². The summed E-state index contributed by atoms with van der Waals surface area (Å²) in [7, 11) is 0. The lowest BCUT2D eigenvalue weighted by molar-refractivity contribution is -0.111. The molecule has 1 atom stereocenters. The summed E-state index contributed by atoms with van der Waals surface area (Å²) in [5.41, 5.74) is 12.4. The standard InChI is InChI=1S/C30H29FN4O3/c1-18-22(24-4-2-3-5-26(24)33-18)14-15-35(30(37)38)28-12-8-20-16-19(6-10-23(20)28)7-13-29(36)34-27-11-9-21(31)17-25(27)32/h2-7,9-11,13,16-17,28,33H,8,12,14-15,32H2,1H3,(H,34,36)(H,37,38)/b13-7+. The van der Waals surface area contributed by atoms with Crippen molar-refractivity contribution in [3.05, 3.63) is 101 Å². The van der Waals surface area contributed by atoms with Crippen LogP contribution in [0.25, 0.3) is 17.0 Å². The number of nitrogens with two attached hydrogens (primary N) is 1. The second kappa shape index (κ2) is 10.4. The van der Waals surface area contributed by atoms with E-state index in [1.807, 2.05) is 43.3 Å². The number of amides is 2. The van der Waals surface area contributed by atoms with E-state index >= 15 is 0 Å². The number of carbonyl (C=O) groups excluding carboxylic acids is 1. The van der Waals surface area contributed by atoms with Gasteiger partial charge in [-0.1, -0.05) is 36.4 Å². The van der Waals surface area contributed by atoms with Gasteiger partial charge in [-0.15, -0.1) is 0 Å². The number of H-pyrrole nitrogens is 1. The molecule has 1 aliphatic rings. The molecule has 38 heavy (non-hydrogen) atoms. The van der Waals surface area contributed by atoms with E-state index in [2.05, 4.69) is 16.4 Å². The van der Waals surface area contributed by atoms with Gasteiger partial charge in [-0.25, -0.2) is 9.18 Å². The van der Waals surface area contributed by atoms with Crippen LogP contribution < -0.4 is 11.1 Å². The van der Waals surface area contributed by atoms with Crippen LogP contribution in [0.4, 0.5) is 20.6 Å². The number of aromatic amines is 1. The predicted octanol–water partition coefficient (Wildman–Crippen LogP) is 6.06. The minimum Gasteiger partial charge on any atom is -0.465 e. The zero-order chi connectivity index (χ0) is 26.8. The highest BCUT2D eigenvalue weighted by molar-refractivity contribution is 6.03. The number of para-hydroxylation sites is 1. The van der Waals surface area contributed by atoms with E-state index in [4.69, 9.17) is 5.73 Å². The number of hydrogen-bond donors (Lipinski definition) is 4. The van der Waals surface area contributed by atoms with Gasteiger partial charge in [0.15, 0.2) is 0 Å². The first-order valence-corrected chi connectivity index (χ1v) is 12.5. The average Bonchev–Trinajstić information content (AvgIpc) is 3.44. The van der Waals surface area contributed by atoms with E-state index in [9.17, 15) is 19.1 Å². The van der Waals surface area contributed by atoms with Crippen molar-refractivity contribution in [2.24, 2.45) is 0 Å². The number of hydrogen-bond acceptors (Lipinski definition) is 3. The lowest BCUT2D eigenvalue weighted by Crippen LogP contribution is -2.34. The molecule has 8 heteroatoms. The summed E-state index contributed by atoms with van der Waals surface area (Å²) in [5, 5.41) is 13.8. The summed E-state index contributed by atoms with van der Waals surface area (Å²) in [4.78, 5) is 29.5. The number of benzene rings is 3. The summed E-state index contributed by atoms with van der Waals surface area (Å²) in [6.45, 7) is 2.42. The van der Waals surface area contributed by atoms with Crippen LogP contribution in [0.15, 0.2) is 66.7 Å². The fourth-order valence-electron chi connectivity index (χ4n) is 5.31. The molecule has 0 saturated heterocycles. The van der Waals surface area contributed by atoms with Crippen molar-refractivity contribution in [1.29, 1.82) is 0 Å². The molecule has 1 aromatic heterocycles. The van der Waals surface area contributed by atoms with Crippen LogP contribution in [-0.2, 0) is 17.6 Å². The van der Waals surface area contributed by atoms with Crippen molar-refractivity contribution < 1.29 is 19.1 Å². The van der Waals surface area contributed by atoms with Gasteiger partial charge in [-0.2, -0.15) is 0 Å².